The third kappa shape index (κ3) is 4.73. The molecular formula is C17H27F3O. The lowest BCUT2D eigenvalue weighted by atomic mass is 9.70. The molecule has 21 heavy (non-hydrogen) atoms. The third-order valence-corrected chi connectivity index (χ3v) is 5.25. The van der Waals surface area contributed by atoms with Crippen LogP contribution in [-0.4, -0.2) is 12.7 Å². The molecule has 0 heterocycles. The second-order valence-electron chi connectivity index (χ2n) is 6.63. The zero-order chi connectivity index (χ0) is 15.2. The molecule has 0 radical (unpaired) electrons. The summed E-state index contributed by atoms with van der Waals surface area (Å²) in [4.78, 5) is 0. The van der Waals surface area contributed by atoms with Gasteiger partial charge in [-0.1, -0.05) is 6.92 Å². The molecule has 0 atom stereocenters. The predicted octanol–water partition coefficient (Wildman–Crippen LogP) is 5.86. The molecule has 1 nitrogen and oxygen atoms in total. The smallest absolute Gasteiger partial charge is 0.301 e. The molecule has 0 amide bonds. The molecule has 2 saturated carbocycles. The standard InChI is InChI=1S/C17H27F3O/c1-2-11-21-15-9-7-13(8-10-15)12-3-5-14(6-4-12)16(18)17(19)20/h12-15H,2-11H2,1H3. The molecule has 0 aromatic rings. The fraction of sp³-hybridized carbons (Fsp3) is 0.882. The summed E-state index contributed by atoms with van der Waals surface area (Å²) in [6, 6.07) is 0. The van der Waals surface area contributed by atoms with Crippen molar-refractivity contribution < 1.29 is 17.9 Å². The van der Waals surface area contributed by atoms with Gasteiger partial charge >= 0.3 is 6.08 Å². The highest BCUT2D eigenvalue weighted by atomic mass is 19.3. The number of hydrogen-bond acceptors (Lipinski definition) is 1. The predicted molar refractivity (Wildman–Crippen MR) is 77.8 cm³/mol. The summed E-state index contributed by atoms with van der Waals surface area (Å²) < 4.78 is 43.7. The van der Waals surface area contributed by atoms with Crippen LogP contribution in [0.5, 0.6) is 0 Å². The molecule has 2 aliphatic rings. The second-order valence-corrected chi connectivity index (χ2v) is 6.63. The molecule has 122 valence electrons. The molecule has 0 aromatic carbocycles. The van der Waals surface area contributed by atoms with Crippen molar-refractivity contribution >= 4 is 0 Å². The van der Waals surface area contributed by atoms with Gasteiger partial charge in [-0.2, -0.15) is 8.78 Å². The van der Waals surface area contributed by atoms with Gasteiger partial charge in [0.15, 0.2) is 5.83 Å². The monoisotopic (exact) mass is 304 g/mol. The third-order valence-electron chi connectivity index (χ3n) is 5.25. The minimum absolute atomic E-state index is 0.415. The van der Waals surface area contributed by atoms with Gasteiger partial charge < -0.3 is 4.74 Å². The van der Waals surface area contributed by atoms with Crippen LogP contribution in [-0.2, 0) is 4.74 Å². The number of allylic oxidation sites excluding steroid dienone is 1. The molecule has 2 aliphatic carbocycles. The quantitative estimate of drug-likeness (QED) is 0.618. The Morgan fingerprint density at radius 2 is 1.38 bits per heavy atom. The Kier molecular flexibility index (Phi) is 6.59. The van der Waals surface area contributed by atoms with Crippen molar-refractivity contribution in [2.24, 2.45) is 17.8 Å². The lowest BCUT2D eigenvalue weighted by Gasteiger charge is -2.37. The van der Waals surface area contributed by atoms with Gasteiger partial charge in [-0.05, 0) is 69.6 Å². The van der Waals surface area contributed by atoms with Gasteiger partial charge in [0.05, 0.1) is 6.10 Å². The Morgan fingerprint density at radius 1 is 0.857 bits per heavy atom. The van der Waals surface area contributed by atoms with E-state index in [2.05, 4.69) is 6.92 Å². The van der Waals surface area contributed by atoms with Crippen molar-refractivity contribution in [1.82, 2.24) is 0 Å². The van der Waals surface area contributed by atoms with E-state index < -0.39 is 17.8 Å². The second kappa shape index (κ2) is 8.21. The van der Waals surface area contributed by atoms with E-state index in [9.17, 15) is 13.2 Å². The van der Waals surface area contributed by atoms with E-state index in [4.69, 9.17) is 4.74 Å². The van der Waals surface area contributed by atoms with Crippen LogP contribution in [0.2, 0.25) is 0 Å². The van der Waals surface area contributed by atoms with Crippen LogP contribution in [0.1, 0.15) is 64.7 Å². The lowest BCUT2D eigenvalue weighted by molar-refractivity contribution is 0.00753. The van der Waals surface area contributed by atoms with Gasteiger partial charge in [0, 0.05) is 12.5 Å². The van der Waals surface area contributed by atoms with Crippen LogP contribution < -0.4 is 0 Å². The highest BCUT2D eigenvalue weighted by Gasteiger charge is 2.33. The van der Waals surface area contributed by atoms with Gasteiger partial charge in [0.1, 0.15) is 0 Å². The Morgan fingerprint density at radius 3 is 1.86 bits per heavy atom. The molecule has 0 unspecified atom stereocenters. The molecular weight excluding hydrogens is 277 g/mol. The molecule has 0 spiro atoms. The first-order valence-electron chi connectivity index (χ1n) is 8.44. The average Bonchev–Trinajstić information content (AvgIpc) is 2.53. The van der Waals surface area contributed by atoms with Gasteiger partial charge in [0.25, 0.3) is 0 Å². The van der Waals surface area contributed by atoms with Crippen LogP contribution in [0.4, 0.5) is 13.2 Å². The van der Waals surface area contributed by atoms with Crippen molar-refractivity contribution in [3.8, 4) is 0 Å². The van der Waals surface area contributed by atoms with Crippen LogP contribution in [0, 0.1) is 17.8 Å². The fourth-order valence-electron chi connectivity index (χ4n) is 4.01. The SMILES string of the molecule is CCCOC1CCC(C2CCC(C(F)=C(F)F)CC2)CC1. The molecule has 4 heteroatoms. The highest BCUT2D eigenvalue weighted by Crippen LogP contribution is 2.42. The zero-order valence-corrected chi connectivity index (χ0v) is 12.9. The first-order chi connectivity index (χ1) is 10.1. The van der Waals surface area contributed by atoms with Crippen molar-refractivity contribution in [3.05, 3.63) is 11.9 Å². The van der Waals surface area contributed by atoms with E-state index in [0.717, 1.165) is 38.7 Å². The van der Waals surface area contributed by atoms with Crippen LogP contribution in [0.25, 0.3) is 0 Å². The number of ether oxygens (including phenoxy) is 1. The first-order valence-corrected chi connectivity index (χ1v) is 8.44. The number of rotatable bonds is 5. The summed E-state index contributed by atoms with van der Waals surface area (Å²) in [6.45, 7) is 2.97. The summed E-state index contributed by atoms with van der Waals surface area (Å²) in [5, 5.41) is 0. The minimum atomic E-state index is -2.12. The fourth-order valence-corrected chi connectivity index (χ4v) is 4.01. The van der Waals surface area contributed by atoms with Gasteiger partial charge in [-0.25, -0.2) is 4.39 Å². The van der Waals surface area contributed by atoms with Crippen molar-refractivity contribution in [2.75, 3.05) is 6.61 Å². The maximum absolute atomic E-state index is 13.3. The summed E-state index contributed by atoms with van der Waals surface area (Å²) >= 11 is 0. The van der Waals surface area contributed by atoms with Crippen LogP contribution in [0.3, 0.4) is 0 Å². The highest BCUT2D eigenvalue weighted by molar-refractivity contribution is 5.00. The summed E-state index contributed by atoms with van der Waals surface area (Å²) in [6.07, 6.45) is 6.93. The normalized spacial score (nSPS) is 33.7. The summed E-state index contributed by atoms with van der Waals surface area (Å²) in [5.41, 5.74) is 0. The summed E-state index contributed by atoms with van der Waals surface area (Å²) in [7, 11) is 0. The topological polar surface area (TPSA) is 9.23 Å². The van der Waals surface area contributed by atoms with E-state index in [1.54, 1.807) is 0 Å². The maximum atomic E-state index is 13.3. The lowest BCUT2D eigenvalue weighted by Crippen LogP contribution is -2.28. The largest absolute Gasteiger partial charge is 0.378 e. The number of hydrogen-bond donors (Lipinski definition) is 0. The first kappa shape index (κ1) is 16.9. The van der Waals surface area contributed by atoms with Gasteiger partial charge in [0.2, 0.25) is 0 Å². The molecule has 2 rings (SSSR count). The van der Waals surface area contributed by atoms with E-state index in [0.29, 0.717) is 30.8 Å². The Bertz CT molecular complexity index is 336. The summed E-state index contributed by atoms with van der Waals surface area (Å²) in [5.74, 6) is -0.404. The Balaban J connectivity index is 1.73. The maximum Gasteiger partial charge on any atom is 0.301 e. The van der Waals surface area contributed by atoms with E-state index in [1.807, 2.05) is 0 Å². The zero-order valence-electron chi connectivity index (χ0n) is 12.9. The van der Waals surface area contributed by atoms with Crippen LogP contribution in [0.15, 0.2) is 11.9 Å². The molecule has 0 aromatic heterocycles. The Hall–Kier alpha value is -0.510. The molecule has 2 fully saturated rings. The average molecular weight is 304 g/mol. The Labute approximate surface area is 125 Å². The van der Waals surface area contributed by atoms with Crippen molar-refractivity contribution in [2.45, 2.75) is 70.8 Å². The van der Waals surface area contributed by atoms with E-state index in [-0.39, 0.29) is 0 Å². The molecule has 0 bridgehead atoms. The van der Waals surface area contributed by atoms with Gasteiger partial charge in [-0.15, -0.1) is 0 Å². The van der Waals surface area contributed by atoms with E-state index in [1.165, 1.54) is 12.8 Å². The molecule has 0 aliphatic heterocycles. The molecule has 0 saturated heterocycles. The molecule has 0 N–H and O–H groups in total. The van der Waals surface area contributed by atoms with Crippen LogP contribution >= 0.6 is 0 Å². The van der Waals surface area contributed by atoms with Crippen molar-refractivity contribution in [1.29, 1.82) is 0 Å². The van der Waals surface area contributed by atoms with E-state index >= 15 is 0 Å². The number of halogens is 3. The minimum Gasteiger partial charge on any atom is -0.378 e. The van der Waals surface area contributed by atoms with Gasteiger partial charge in [-0.3, -0.25) is 0 Å². The van der Waals surface area contributed by atoms with Crippen molar-refractivity contribution in [3.63, 3.8) is 0 Å².